The molecular formula is C22H27N3O3. The molecule has 0 radical (unpaired) electrons. The number of hydrogen-bond acceptors (Lipinski definition) is 3. The van der Waals surface area contributed by atoms with Crippen molar-refractivity contribution in [2.75, 3.05) is 29.9 Å². The van der Waals surface area contributed by atoms with E-state index in [1.54, 1.807) is 0 Å². The lowest BCUT2D eigenvalue weighted by Crippen LogP contribution is -2.38. The number of nitrogens with zero attached hydrogens (tertiary/aromatic N) is 1. The molecule has 1 aliphatic rings. The van der Waals surface area contributed by atoms with Crippen LogP contribution in [-0.2, 0) is 11.2 Å². The lowest BCUT2D eigenvalue weighted by atomic mass is 9.94. The zero-order valence-electron chi connectivity index (χ0n) is 16.6. The van der Waals surface area contributed by atoms with E-state index in [1.165, 1.54) is 0 Å². The maximum absolute atomic E-state index is 12.7. The topological polar surface area (TPSA) is 70.7 Å². The van der Waals surface area contributed by atoms with Crippen LogP contribution in [0, 0.1) is 5.41 Å². The highest BCUT2D eigenvalue weighted by atomic mass is 16.5. The number of para-hydroxylation sites is 1. The number of anilines is 2. The van der Waals surface area contributed by atoms with Gasteiger partial charge in [0.1, 0.15) is 12.4 Å². The Morgan fingerprint density at radius 2 is 1.86 bits per heavy atom. The molecule has 0 fully saturated rings. The molecule has 6 heteroatoms. The largest absolute Gasteiger partial charge is 0.492 e. The smallest absolute Gasteiger partial charge is 0.319 e. The second kappa shape index (κ2) is 8.33. The summed E-state index contributed by atoms with van der Waals surface area (Å²) in [6.45, 7) is 7.20. The van der Waals surface area contributed by atoms with E-state index in [4.69, 9.17) is 4.74 Å². The molecule has 2 N–H and O–H groups in total. The van der Waals surface area contributed by atoms with Gasteiger partial charge in [-0.3, -0.25) is 4.79 Å². The van der Waals surface area contributed by atoms with E-state index in [2.05, 4.69) is 10.6 Å². The van der Waals surface area contributed by atoms with Crippen molar-refractivity contribution in [2.45, 2.75) is 27.2 Å². The normalized spacial score (nSPS) is 13.0. The lowest BCUT2D eigenvalue weighted by Gasteiger charge is -2.26. The highest BCUT2D eigenvalue weighted by molar-refractivity contribution is 6.00. The molecule has 1 aliphatic heterocycles. The highest BCUT2D eigenvalue weighted by Crippen LogP contribution is 2.33. The Hall–Kier alpha value is -3.02. The molecule has 28 heavy (non-hydrogen) atoms. The standard InChI is InChI=1S/C22H27N3O3/c1-22(2,3)20(26)25-13-11-16-9-10-17(15-19(16)25)24-21(27)23-12-14-28-18-7-5-4-6-8-18/h4-10,15H,11-14H2,1-3H3,(H2,23,24,27). The minimum atomic E-state index is -0.443. The molecule has 0 aliphatic carbocycles. The van der Waals surface area contributed by atoms with Crippen LogP contribution in [0.4, 0.5) is 16.2 Å². The van der Waals surface area contributed by atoms with E-state index in [1.807, 2.05) is 74.2 Å². The van der Waals surface area contributed by atoms with Crippen LogP contribution in [0.15, 0.2) is 48.5 Å². The average Bonchev–Trinajstić information content (AvgIpc) is 3.08. The zero-order valence-corrected chi connectivity index (χ0v) is 16.6. The summed E-state index contributed by atoms with van der Waals surface area (Å²) in [5.41, 5.74) is 2.22. The van der Waals surface area contributed by atoms with Crippen LogP contribution in [0.3, 0.4) is 0 Å². The van der Waals surface area contributed by atoms with Crippen molar-refractivity contribution < 1.29 is 14.3 Å². The second-order valence-corrected chi connectivity index (χ2v) is 7.84. The molecule has 0 saturated carbocycles. The number of ether oxygens (including phenoxy) is 1. The fourth-order valence-electron chi connectivity index (χ4n) is 3.10. The van der Waals surface area contributed by atoms with E-state index in [9.17, 15) is 9.59 Å². The molecule has 2 aromatic rings. The third-order valence-corrected chi connectivity index (χ3v) is 4.53. The Labute approximate surface area is 165 Å². The Bertz CT molecular complexity index is 844. The quantitative estimate of drug-likeness (QED) is 0.774. The summed E-state index contributed by atoms with van der Waals surface area (Å²) in [7, 11) is 0. The van der Waals surface area contributed by atoms with Crippen LogP contribution in [0.25, 0.3) is 0 Å². The maximum atomic E-state index is 12.7. The van der Waals surface area contributed by atoms with Gasteiger partial charge in [-0.1, -0.05) is 45.0 Å². The fourth-order valence-corrected chi connectivity index (χ4v) is 3.10. The van der Waals surface area contributed by atoms with Crippen LogP contribution < -0.4 is 20.3 Å². The van der Waals surface area contributed by atoms with Crippen LogP contribution >= 0.6 is 0 Å². The van der Waals surface area contributed by atoms with Gasteiger partial charge in [0.25, 0.3) is 0 Å². The minimum Gasteiger partial charge on any atom is -0.492 e. The van der Waals surface area contributed by atoms with Gasteiger partial charge in [-0.05, 0) is 36.2 Å². The summed E-state index contributed by atoms with van der Waals surface area (Å²) < 4.78 is 5.55. The number of amides is 3. The number of rotatable bonds is 5. The number of nitrogens with one attached hydrogen (secondary N) is 2. The van der Waals surface area contributed by atoms with Crippen molar-refractivity contribution >= 4 is 23.3 Å². The Morgan fingerprint density at radius 3 is 2.57 bits per heavy atom. The van der Waals surface area contributed by atoms with Gasteiger partial charge in [-0.2, -0.15) is 0 Å². The van der Waals surface area contributed by atoms with Crippen LogP contribution in [0.5, 0.6) is 5.75 Å². The first-order valence-corrected chi connectivity index (χ1v) is 9.52. The third-order valence-electron chi connectivity index (χ3n) is 4.53. The molecule has 0 bridgehead atoms. The molecule has 0 aromatic heterocycles. The van der Waals surface area contributed by atoms with E-state index >= 15 is 0 Å². The third kappa shape index (κ3) is 4.82. The first kappa shape index (κ1) is 19.7. The molecule has 0 spiro atoms. The molecule has 1 heterocycles. The van der Waals surface area contributed by atoms with E-state index < -0.39 is 5.41 Å². The highest BCUT2D eigenvalue weighted by Gasteiger charge is 2.32. The number of fused-ring (bicyclic) bond motifs is 1. The molecule has 3 amide bonds. The number of carbonyl (C=O) groups is 2. The van der Waals surface area contributed by atoms with Crippen LogP contribution in [0.2, 0.25) is 0 Å². The number of carbonyl (C=O) groups excluding carboxylic acids is 2. The summed E-state index contributed by atoms with van der Waals surface area (Å²) in [5.74, 6) is 0.859. The Balaban J connectivity index is 1.54. The lowest BCUT2D eigenvalue weighted by molar-refractivity contribution is -0.125. The summed E-state index contributed by atoms with van der Waals surface area (Å²) >= 11 is 0. The maximum Gasteiger partial charge on any atom is 0.319 e. The van der Waals surface area contributed by atoms with Gasteiger partial charge in [-0.15, -0.1) is 0 Å². The van der Waals surface area contributed by atoms with Gasteiger partial charge >= 0.3 is 6.03 Å². The molecule has 0 saturated heterocycles. The SMILES string of the molecule is CC(C)(C)C(=O)N1CCc2ccc(NC(=O)NCCOc3ccccc3)cc21. The monoisotopic (exact) mass is 381 g/mol. The van der Waals surface area contributed by atoms with Gasteiger partial charge in [0.15, 0.2) is 0 Å². The molecule has 6 nitrogen and oxygen atoms in total. The summed E-state index contributed by atoms with van der Waals surface area (Å²) in [4.78, 5) is 26.6. The van der Waals surface area contributed by atoms with Gasteiger partial charge in [0.05, 0.1) is 6.54 Å². The Morgan fingerprint density at radius 1 is 1.11 bits per heavy atom. The molecular weight excluding hydrogens is 354 g/mol. The first-order valence-electron chi connectivity index (χ1n) is 9.52. The molecule has 2 aromatic carbocycles. The van der Waals surface area contributed by atoms with E-state index in [-0.39, 0.29) is 11.9 Å². The van der Waals surface area contributed by atoms with Gasteiger partial charge in [0.2, 0.25) is 5.91 Å². The van der Waals surface area contributed by atoms with Crippen molar-refractivity contribution in [3.8, 4) is 5.75 Å². The van der Waals surface area contributed by atoms with Gasteiger partial charge in [0, 0.05) is 23.3 Å². The van der Waals surface area contributed by atoms with Gasteiger partial charge in [-0.25, -0.2) is 4.79 Å². The molecule has 0 unspecified atom stereocenters. The fraction of sp³-hybridized carbons (Fsp3) is 0.364. The van der Waals surface area contributed by atoms with E-state index in [0.29, 0.717) is 25.4 Å². The van der Waals surface area contributed by atoms with Crippen LogP contribution in [-0.4, -0.2) is 31.6 Å². The predicted octanol–water partition coefficient (Wildman–Crippen LogP) is 3.82. The van der Waals surface area contributed by atoms with Crippen molar-refractivity contribution in [1.82, 2.24) is 5.32 Å². The molecule has 148 valence electrons. The van der Waals surface area contributed by atoms with Gasteiger partial charge < -0.3 is 20.3 Å². The Kier molecular flexibility index (Phi) is 5.87. The number of hydrogen-bond donors (Lipinski definition) is 2. The molecule has 3 rings (SSSR count). The summed E-state index contributed by atoms with van der Waals surface area (Å²) in [6.07, 6.45) is 0.834. The van der Waals surface area contributed by atoms with Crippen molar-refractivity contribution in [1.29, 1.82) is 0 Å². The number of benzene rings is 2. The second-order valence-electron chi connectivity index (χ2n) is 7.84. The van der Waals surface area contributed by atoms with Crippen molar-refractivity contribution in [3.63, 3.8) is 0 Å². The van der Waals surface area contributed by atoms with Crippen molar-refractivity contribution in [2.24, 2.45) is 5.41 Å². The summed E-state index contributed by atoms with van der Waals surface area (Å²) in [5, 5.41) is 5.60. The summed E-state index contributed by atoms with van der Waals surface area (Å²) in [6, 6.07) is 14.9. The van der Waals surface area contributed by atoms with Crippen LogP contribution in [0.1, 0.15) is 26.3 Å². The minimum absolute atomic E-state index is 0.0888. The predicted molar refractivity (Wildman–Crippen MR) is 111 cm³/mol. The first-order chi connectivity index (χ1) is 13.3. The zero-order chi connectivity index (χ0) is 20.1. The molecule has 0 atom stereocenters. The van der Waals surface area contributed by atoms with E-state index in [0.717, 1.165) is 23.4 Å². The van der Waals surface area contributed by atoms with Crippen molar-refractivity contribution in [3.05, 3.63) is 54.1 Å². The average molecular weight is 381 g/mol. The number of urea groups is 1.